The highest BCUT2D eigenvalue weighted by molar-refractivity contribution is 5.99. The van der Waals surface area contributed by atoms with Crippen LogP contribution < -0.4 is 4.74 Å². The van der Waals surface area contributed by atoms with Gasteiger partial charge in [-0.15, -0.1) is 0 Å². The topological polar surface area (TPSA) is 69.4 Å². The molecule has 21 heavy (non-hydrogen) atoms. The van der Waals surface area contributed by atoms with Crippen molar-refractivity contribution in [3.05, 3.63) is 69.8 Å². The Hall–Kier alpha value is -2.69. The minimum atomic E-state index is -0.660. The summed E-state index contributed by atoms with van der Waals surface area (Å²) in [4.78, 5) is 22.4. The molecule has 0 radical (unpaired) electrons. The summed E-state index contributed by atoms with van der Waals surface area (Å²) in [5, 5.41) is 10.7. The highest BCUT2D eigenvalue weighted by Gasteiger charge is 2.18. The Morgan fingerprint density at radius 3 is 2.43 bits per heavy atom. The summed E-state index contributed by atoms with van der Waals surface area (Å²) in [5.41, 5.74) is 1.20. The Morgan fingerprint density at radius 2 is 1.86 bits per heavy atom. The number of benzene rings is 2. The Labute approximate surface area is 122 Å². The zero-order chi connectivity index (χ0) is 15.4. The number of nitrogens with zero attached hydrogens (tertiary/aromatic N) is 1. The van der Waals surface area contributed by atoms with E-state index in [4.69, 9.17) is 4.74 Å². The first kappa shape index (κ1) is 14.7. The zero-order valence-electron chi connectivity index (χ0n) is 11.8. The van der Waals surface area contributed by atoms with Gasteiger partial charge in [0.15, 0.2) is 6.10 Å². The molecule has 1 unspecified atom stereocenters. The molecule has 0 aliphatic heterocycles. The first-order valence-corrected chi connectivity index (χ1v) is 6.50. The molecule has 0 fully saturated rings. The van der Waals surface area contributed by atoms with Crippen LogP contribution in [0.4, 0.5) is 5.69 Å². The first-order valence-electron chi connectivity index (χ1n) is 6.50. The maximum atomic E-state index is 12.2. The maximum Gasteiger partial charge on any atom is 0.269 e. The molecule has 2 rings (SSSR count). The summed E-state index contributed by atoms with van der Waals surface area (Å²) in [5.74, 6) is 0.339. The molecular formula is C16H15NO4. The highest BCUT2D eigenvalue weighted by atomic mass is 16.6. The van der Waals surface area contributed by atoms with Crippen LogP contribution in [0.3, 0.4) is 0 Å². The number of non-ortho nitro benzene ring substituents is 1. The van der Waals surface area contributed by atoms with Gasteiger partial charge in [-0.05, 0) is 25.5 Å². The van der Waals surface area contributed by atoms with Gasteiger partial charge in [-0.25, -0.2) is 0 Å². The quantitative estimate of drug-likeness (QED) is 0.478. The van der Waals surface area contributed by atoms with Crippen LogP contribution in [0.25, 0.3) is 0 Å². The number of carbonyl (C=O) groups excluding carboxylic acids is 1. The van der Waals surface area contributed by atoms with E-state index in [1.54, 1.807) is 38.1 Å². The molecule has 108 valence electrons. The van der Waals surface area contributed by atoms with Crippen LogP contribution in [-0.4, -0.2) is 16.8 Å². The van der Waals surface area contributed by atoms with Gasteiger partial charge >= 0.3 is 0 Å². The van der Waals surface area contributed by atoms with E-state index in [0.717, 1.165) is 0 Å². The molecule has 5 nitrogen and oxygen atoms in total. The number of rotatable bonds is 5. The zero-order valence-corrected chi connectivity index (χ0v) is 11.8. The van der Waals surface area contributed by atoms with E-state index < -0.39 is 11.0 Å². The van der Waals surface area contributed by atoms with Gasteiger partial charge < -0.3 is 4.74 Å². The Morgan fingerprint density at radius 1 is 1.19 bits per heavy atom. The van der Waals surface area contributed by atoms with Crippen LogP contribution in [0.5, 0.6) is 5.75 Å². The predicted octanol–water partition coefficient (Wildman–Crippen LogP) is 3.55. The van der Waals surface area contributed by atoms with Gasteiger partial charge in [-0.1, -0.05) is 30.3 Å². The van der Waals surface area contributed by atoms with Crippen molar-refractivity contribution in [3.8, 4) is 5.75 Å². The first-order chi connectivity index (χ1) is 9.99. The minimum Gasteiger partial charge on any atom is -0.482 e. The van der Waals surface area contributed by atoms with E-state index in [0.29, 0.717) is 16.9 Å². The number of nitro groups is 1. The molecule has 0 heterocycles. The molecule has 0 saturated heterocycles. The number of hydrogen-bond acceptors (Lipinski definition) is 4. The molecule has 0 spiro atoms. The van der Waals surface area contributed by atoms with Crippen molar-refractivity contribution in [3.63, 3.8) is 0 Å². The van der Waals surface area contributed by atoms with Gasteiger partial charge in [0.1, 0.15) is 5.75 Å². The molecule has 0 N–H and O–H groups in total. The van der Waals surface area contributed by atoms with Crippen LogP contribution >= 0.6 is 0 Å². The lowest BCUT2D eigenvalue weighted by Crippen LogP contribution is -2.24. The van der Waals surface area contributed by atoms with Crippen LogP contribution in [0.15, 0.2) is 48.5 Å². The normalized spacial score (nSPS) is 11.7. The summed E-state index contributed by atoms with van der Waals surface area (Å²) < 4.78 is 5.62. The third-order valence-electron chi connectivity index (χ3n) is 3.10. The molecule has 0 aromatic heterocycles. The number of nitro benzene ring substituents is 1. The van der Waals surface area contributed by atoms with Gasteiger partial charge in [-0.3, -0.25) is 14.9 Å². The average Bonchev–Trinajstić information content (AvgIpc) is 2.49. The second kappa shape index (κ2) is 6.17. The molecule has 0 bridgehead atoms. The van der Waals surface area contributed by atoms with Gasteiger partial charge in [0.2, 0.25) is 5.78 Å². The number of carbonyl (C=O) groups is 1. The van der Waals surface area contributed by atoms with Crippen molar-refractivity contribution in [2.45, 2.75) is 20.0 Å². The van der Waals surface area contributed by atoms with E-state index in [1.165, 1.54) is 18.2 Å². The number of aryl methyl sites for hydroxylation is 1. The molecule has 0 saturated carbocycles. The largest absolute Gasteiger partial charge is 0.482 e. The SMILES string of the molecule is Cc1cc([N+](=O)[O-])ccc1OC(C)C(=O)c1ccccc1. The van der Waals surface area contributed by atoms with E-state index in [2.05, 4.69) is 0 Å². The van der Waals surface area contributed by atoms with E-state index >= 15 is 0 Å². The molecule has 0 amide bonds. The minimum absolute atomic E-state index is 0.00175. The van der Waals surface area contributed by atoms with Crippen molar-refractivity contribution in [2.24, 2.45) is 0 Å². The molecule has 0 aliphatic rings. The van der Waals surface area contributed by atoms with E-state index in [-0.39, 0.29) is 11.5 Å². The lowest BCUT2D eigenvalue weighted by atomic mass is 10.1. The summed E-state index contributed by atoms with van der Waals surface area (Å²) in [6, 6.07) is 13.2. The summed E-state index contributed by atoms with van der Waals surface area (Å²) >= 11 is 0. The van der Waals surface area contributed by atoms with Crippen molar-refractivity contribution in [2.75, 3.05) is 0 Å². The fourth-order valence-corrected chi connectivity index (χ4v) is 1.96. The highest BCUT2D eigenvalue weighted by Crippen LogP contribution is 2.24. The third kappa shape index (κ3) is 3.45. The van der Waals surface area contributed by atoms with Crippen LogP contribution in [0.2, 0.25) is 0 Å². The average molecular weight is 285 g/mol. The Bertz CT molecular complexity index is 667. The summed E-state index contributed by atoms with van der Waals surface area (Å²) in [6.07, 6.45) is -0.660. The van der Waals surface area contributed by atoms with Crippen molar-refractivity contribution in [1.82, 2.24) is 0 Å². The van der Waals surface area contributed by atoms with Crippen LogP contribution in [-0.2, 0) is 0 Å². The Kier molecular flexibility index (Phi) is 4.33. The van der Waals surface area contributed by atoms with Crippen LogP contribution in [0.1, 0.15) is 22.8 Å². The van der Waals surface area contributed by atoms with E-state index in [1.807, 2.05) is 6.07 Å². The lowest BCUT2D eigenvalue weighted by Gasteiger charge is -2.15. The number of hydrogen-bond donors (Lipinski definition) is 0. The van der Waals surface area contributed by atoms with Crippen molar-refractivity contribution >= 4 is 11.5 Å². The molecule has 2 aromatic carbocycles. The second-order valence-corrected chi connectivity index (χ2v) is 4.70. The monoisotopic (exact) mass is 285 g/mol. The number of Topliss-reactive ketones (excluding diaryl/α,β-unsaturated/α-hetero) is 1. The number of ether oxygens (including phenoxy) is 1. The third-order valence-corrected chi connectivity index (χ3v) is 3.10. The van der Waals surface area contributed by atoms with Gasteiger partial charge in [0.25, 0.3) is 5.69 Å². The van der Waals surface area contributed by atoms with Gasteiger partial charge in [-0.2, -0.15) is 0 Å². The maximum absolute atomic E-state index is 12.2. The summed E-state index contributed by atoms with van der Waals surface area (Å²) in [6.45, 7) is 3.37. The fourth-order valence-electron chi connectivity index (χ4n) is 1.96. The number of ketones is 1. The smallest absolute Gasteiger partial charge is 0.269 e. The summed E-state index contributed by atoms with van der Waals surface area (Å²) in [7, 11) is 0. The standard InChI is InChI=1S/C16H15NO4/c1-11-10-14(17(19)20)8-9-15(11)21-12(2)16(18)13-6-4-3-5-7-13/h3-10,12H,1-2H3. The molecule has 0 aliphatic carbocycles. The molecule has 5 heteroatoms. The van der Waals surface area contributed by atoms with Crippen molar-refractivity contribution < 1.29 is 14.5 Å². The van der Waals surface area contributed by atoms with Crippen molar-refractivity contribution in [1.29, 1.82) is 0 Å². The molecule has 1 atom stereocenters. The second-order valence-electron chi connectivity index (χ2n) is 4.70. The van der Waals surface area contributed by atoms with E-state index in [9.17, 15) is 14.9 Å². The van der Waals surface area contributed by atoms with Gasteiger partial charge in [0, 0.05) is 17.7 Å². The molecular weight excluding hydrogens is 270 g/mol. The lowest BCUT2D eigenvalue weighted by molar-refractivity contribution is -0.384. The molecule has 2 aromatic rings. The predicted molar refractivity (Wildman–Crippen MR) is 78.7 cm³/mol. The Balaban J connectivity index is 2.14. The van der Waals surface area contributed by atoms with Crippen LogP contribution in [0, 0.1) is 17.0 Å². The fraction of sp³-hybridized carbons (Fsp3) is 0.188. The van der Waals surface area contributed by atoms with Gasteiger partial charge in [0.05, 0.1) is 4.92 Å².